The van der Waals surface area contributed by atoms with Crippen LogP contribution in [0.25, 0.3) is 0 Å². The van der Waals surface area contributed by atoms with Crippen molar-refractivity contribution in [2.75, 3.05) is 5.73 Å². The minimum atomic E-state index is -5.32. The number of aromatic nitrogens is 1. The maximum atomic E-state index is 12.1. The van der Waals surface area contributed by atoms with E-state index in [0.29, 0.717) is 12.3 Å². The maximum Gasteiger partial charge on any atom is 1.00 e. The van der Waals surface area contributed by atoms with Crippen molar-refractivity contribution in [3.05, 3.63) is 17.8 Å². The molecule has 9 heteroatoms. The van der Waals surface area contributed by atoms with Crippen molar-refractivity contribution in [3.63, 3.8) is 0 Å². The second-order valence-corrected chi connectivity index (χ2v) is 2.62. The Kier molecular flexibility index (Phi) is 5.69. The number of hydrogen-bond donors (Lipinski definition) is 1. The van der Waals surface area contributed by atoms with Crippen LogP contribution in [-0.2, 0) is 0 Å². The van der Waals surface area contributed by atoms with Crippen LogP contribution in [-0.4, -0.2) is 12.0 Å². The van der Waals surface area contributed by atoms with Gasteiger partial charge in [-0.25, -0.2) is 13.8 Å². The van der Waals surface area contributed by atoms with Crippen LogP contribution >= 0.6 is 0 Å². The van der Waals surface area contributed by atoms with Gasteiger partial charge in [0.15, 0.2) is 0 Å². The summed E-state index contributed by atoms with van der Waals surface area (Å²) in [5, 5.41) is 0. The quantitative estimate of drug-likeness (QED) is 0.521. The summed E-state index contributed by atoms with van der Waals surface area (Å²) in [6.45, 7) is -5.32. The van der Waals surface area contributed by atoms with Crippen molar-refractivity contribution in [3.8, 4) is 0 Å². The molecule has 15 heavy (non-hydrogen) atoms. The standard InChI is InChI=1S/C6H5BF5N2.K/c8-5(9)4-1-3(7(10,11)12)2-14-6(4)13;/h1-2,5H,(H2,13,14);/q-1;+1. The Hall–Kier alpha value is 0.301. The fourth-order valence-electron chi connectivity index (χ4n) is 0.863. The molecule has 2 nitrogen and oxygen atoms in total. The summed E-state index contributed by atoms with van der Waals surface area (Å²) in [5.41, 5.74) is 2.92. The molecule has 78 valence electrons. The van der Waals surface area contributed by atoms with Gasteiger partial charge in [-0.3, -0.25) is 0 Å². The van der Waals surface area contributed by atoms with Gasteiger partial charge in [0.25, 0.3) is 6.43 Å². The molecule has 0 saturated carbocycles. The molecule has 0 saturated heterocycles. The minimum Gasteiger partial charge on any atom is -0.445 e. The van der Waals surface area contributed by atoms with E-state index in [2.05, 4.69) is 4.98 Å². The van der Waals surface area contributed by atoms with Gasteiger partial charge in [0.05, 0.1) is 5.56 Å². The Labute approximate surface area is 125 Å². The molecule has 0 atom stereocenters. The zero-order chi connectivity index (χ0) is 10.9. The number of nitrogens with two attached hydrogens (primary N) is 1. The zero-order valence-electron chi connectivity index (χ0n) is 7.72. The first-order valence-corrected chi connectivity index (χ1v) is 3.55. The van der Waals surface area contributed by atoms with Gasteiger partial charge in [-0.15, -0.1) is 0 Å². The van der Waals surface area contributed by atoms with E-state index in [1.807, 2.05) is 0 Å². The number of rotatable bonds is 2. The molecule has 0 aliphatic rings. The van der Waals surface area contributed by atoms with Crippen molar-refractivity contribution < 1.29 is 73.1 Å². The molecule has 0 aromatic carbocycles. The van der Waals surface area contributed by atoms with Crippen LogP contribution in [0, 0.1) is 0 Å². The van der Waals surface area contributed by atoms with Gasteiger partial charge in [-0.1, -0.05) is 11.5 Å². The molecule has 0 radical (unpaired) electrons. The summed E-state index contributed by atoms with van der Waals surface area (Å²) in [4.78, 5) is 3.06. The number of alkyl halides is 2. The summed E-state index contributed by atoms with van der Waals surface area (Å²) in [6.07, 6.45) is -2.61. The molecular weight excluding hydrogens is 245 g/mol. The molecule has 0 bridgehead atoms. The molecule has 2 N–H and O–H groups in total. The Morgan fingerprint density at radius 2 is 1.80 bits per heavy atom. The summed E-state index contributed by atoms with van der Waals surface area (Å²) in [6, 6.07) is 0.326. The van der Waals surface area contributed by atoms with E-state index in [0.717, 1.165) is 0 Å². The molecule has 1 aromatic heterocycles. The van der Waals surface area contributed by atoms with Crippen molar-refractivity contribution in [2.24, 2.45) is 0 Å². The number of pyridine rings is 1. The average molecular weight is 250 g/mol. The minimum absolute atomic E-state index is 0. The number of nitrogen functional groups attached to an aromatic ring is 1. The largest absolute Gasteiger partial charge is 1.00 e. The predicted octanol–water partition coefficient (Wildman–Crippen LogP) is -1.34. The van der Waals surface area contributed by atoms with E-state index < -0.39 is 30.2 Å². The third-order valence-electron chi connectivity index (χ3n) is 1.58. The number of anilines is 1. The smallest absolute Gasteiger partial charge is 0.445 e. The van der Waals surface area contributed by atoms with Crippen LogP contribution in [0.2, 0.25) is 0 Å². The van der Waals surface area contributed by atoms with Gasteiger partial charge in [-0.2, -0.15) is 0 Å². The first kappa shape index (κ1) is 15.3. The maximum absolute atomic E-state index is 12.1. The van der Waals surface area contributed by atoms with E-state index in [9.17, 15) is 21.7 Å². The molecule has 0 unspecified atom stereocenters. The Balaban J connectivity index is 0.00000196. The van der Waals surface area contributed by atoms with Crippen LogP contribution in [0.15, 0.2) is 12.3 Å². The van der Waals surface area contributed by atoms with Crippen molar-refractivity contribution in [2.45, 2.75) is 6.43 Å². The van der Waals surface area contributed by atoms with E-state index in [-0.39, 0.29) is 51.4 Å². The zero-order valence-corrected chi connectivity index (χ0v) is 10.8. The Bertz CT molecular complexity index is 343. The second kappa shape index (κ2) is 5.58. The first-order valence-electron chi connectivity index (χ1n) is 3.55. The molecular formula is C6H5BF5KN2. The topological polar surface area (TPSA) is 38.9 Å². The third kappa shape index (κ3) is 3.99. The molecule has 0 fully saturated rings. The first-order chi connectivity index (χ1) is 6.32. The SMILES string of the molecule is Nc1ncc([B-](F)(F)F)cc1C(F)F.[K+]. The third-order valence-corrected chi connectivity index (χ3v) is 1.58. The molecule has 1 rings (SSSR count). The summed E-state index contributed by atoms with van der Waals surface area (Å²) in [7, 11) is 0. The summed E-state index contributed by atoms with van der Waals surface area (Å²) in [5.74, 6) is -0.580. The fourth-order valence-corrected chi connectivity index (χ4v) is 0.863. The van der Waals surface area contributed by atoms with Crippen LogP contribution in [0.1, 0.15) is 12.0 Å². The normalized spacial score (nSPS) is 11.3. The number of halogens is 5. The molecule has 1 heterocycles. The number of hydrogen-bond acceptors (Lipinski definition) is 2. The fraction of sp³-hybridized carbons (Fsp3) is 0.167. The summed E-state index contributed by atoms with van der Waals surface area (Å²) < 4.78 is 60.5. The van der Waals surface area contributed by atoms with Gasteiger partial charge in [0.1, 0.15) is 5.82 Å². The molecule has 1 aromatic rings. The Morgan fingerprint density at radius 1 is 1.27 bits per heavy atom. The van der Waals surface area contributed by atoms with Gasteiger partial charge < -0.3 is 18.7 Å². The molecule has 0 amide bonds. The van der Waals surface area contributed by atoms with E-state index >= 15 is 0 Å². The van der Waals surface area contributed by atoms with Crippen molar-refractivity contribution >= 4 is 18.3 Å². The van der Waals surface area contributed by atoms with Gasteiger partial charge in [-0.05, 0) is 0 Å². The van der Waals surface area contributed by atoms with Crippen LogP contribution in [0.5, 0.6) is 0 Å². The van der Waals surface area contributed by atoms with Crippen LogP contribution in [0.3, 0.4) is 0 Å². The van der Waals surface area contributed by atoms with Crippen LogP contribution in [0.4, 0.5) is 27.5 Å². The molecule has 0 aliphatic carbocycles. The second-order valence-electron chi connectivity index (χ2n) is 2.62. The molecule has 0 spiro atoms. The van der Waals surface area contributed by atoms with E-state index in [1.165, 1.54) is 0 Å². The van der Waals surface area contributed by atoms with Gasteiger partial charge >= 0.3 is 58.4 Å². The Morgan fingerprint density at radius 3 is 2.20 bits per heavy atom. The molecule has 0 aliphatic heterocycles. The monoisotopic (exact) mass is 250 g/mol. The number of nitrogens with zero attached hydrogens (tertiary/aromatic N) is 1. The van der Waals surface area contributed by atoms with Crippen molar-refractivity contribution in [1.82, 2.24) is 4.98 Å². The van der Waals surface area contributed by atoms with Gasteiger partial charge in [0, 0.05) is 6.20 Å². The van der Waals surface area contributed by atoms with E-state index in [1.54, 1.807) is 0 Å². The van der Waals surface area contributed by atoms with E-state index in [4.69, 9.17) is 5.73 Å². The van der Waals surface area contributed by atoms with Crippen molar-refractivity contribution in [1.29, 1.82) is 0 Å². The van der Waals surface area contributed by atoms with Crippen LogP contribution < -0.4 is 62.6 Å². The summed E-state index contributed by atoms with van der Waals surface area (Å²) >= 11 is 0. The predicted molar refractivity (Wildman–Crippen MR) is 42.3 cm³/mol. The van der Waals surface area contributed by atoms with Gasteiger partial charge in [0.2, 0.25) is 0 Å². The average Bonchev–Trinajstić information content (AvgIpc) is 2.02.